The predicted molar refractivity (Wildman–Crippen MR) is 298 cm³/mol. The average molecular weight is 1000 g/mol. The monoisotopic (exact) mass is 1000 g/mol. The number of ether oxygens (including phenoxy) is 2. The van der Waals surface area contributed by atoms with E-state index in [2.05, 4.69) is 98.9 Å². The highest BCUT2D eigenvalue weighted by Crippen LogP contribution is 2.43. The van der Waals surface area contributed by atoms with Crippen molar-refractivity contribution in [3.8, 4) is 0 Å². The summed E-state index contributed by atoms with van der Waals surface area (Å²) in [5.41, 5.74) is 5.38. The van der Waals surface area contributed by atoms with Crippen LogP contribution in [0.5, 0.6) is 0 Å². The molecule has 0 aromatic rings. The molecule has 2 atom stereocenters. The number of allylic oxidation sites excluding steroid dienone is 14. The molecule has 0 aliphatic heterocycles. The minimum absolute atomic E-state index is 0.0501. The molecule has 0 aromatic heterocycles. The maximum absolute atomic E-state index is 12.7. The van der Waals surface area contributed by atoms with E-state index >= 15 is 0 Å². The number of phosphoric ester groups is 1. The zero-order valence-corrected chi connectivity index (χ0v) is 45.9. The third kappa shape index (κ3) is 54.5. The lowest BCUT2D eigenvalue weighted by Gasteiger charge is -2.19. The Hall–Kier alpha value is -2.81. The molecule has 0 aliphatic rings. The maximum Gasteiger partial charge on any atom is 0.472 e. The third-order valence-electron chi connectivity index (χ3n) is 12.0. The second-order valence-corrected chi connectivity index (χ2v) is 20.2. The van der Waals surface area contributed by atoms with Gasteiger partial charge in [0.15, 0.2) is 6.10 Å². The highest BCUT2D eigenvalue weighted by atomic mass is 31.2. The fourth-order valence-electron chi connectivity index (χ4n) is 7.85. The molecule has 9 nitrogen and oxygen atoms in total. The molecule has 0 bridgehead atoms. The molecule has 0 aromatic carbocycles. The molecule has 0 fully saturated rings. The minimum Gasteiger partial charge on any atom is -0.462 e. The van der Waals surface area contributed by atoms with E-state index in [9.17, 15) is 19.0 Å². The zero-order chi connectivity index (χ0) is 51.0. The highest BCUT2D eigenvalue weighted by Gasteiger charge is 2.26. The normalized spacial score (nSPS) is 13.7. The first-order valence-corrected chi connectivity index (χ1v) is 30.1. The number of esters is 2. The molecule has 0 radical (unpaired) electrons. The lowest BCUT2D eigenvalue weighted by molar-refractivity contribution is -0.161. The van der Waals surface area contributed by atoms with E-state index < -0.39 is 26.5 Å². The van der Waals surface area contributed by atoms with Gasteiger partial charge in [0.25, 0.3) is 0 Å². The molecule has 404 valence electrons. The molecule has 70 heavy (non-hydrogen) atoms. The second-order valence-electron chi connectivity index (χ2n) is 18.8. The van der Waals surface area contributed by atoms with Crippen molar-refractivity contribution in [2.24, 2.45) is 5.73 Å². The van der Waals surface area contributed by atoms with E-state index in [1.54, 1.807) is 0 Å². The number of nitrogens with two attached hydrogens (primary N) is 1. The molecule has 0 amide bonds. The summed E-state index contributed by atoms with van der Waals surface area (Å²) >= 11 is 0. The van der Waals surface area contributed by atoms with Gasteiger partial charge in [0.2, 0.25) is 0 Å². The fraction of sp³-hybridized carbons (Fsp3) is 0.733. The molecule has 3 N–H and O–H groups in total. The van der Waals surface area contributed by atoms with Crippen molar-refractivity contribution in [2.75, 3.05) is 26.4 Å². The number of carbonyl (C=O) groups excluding carboxylic acids is 2. The van der Waals surface area contributed by atoms with Crippen molar-refractivity contribution in [1.29, 1.82) is 0 Å². The van der Waals surface area contributed by atoms with Gasteiger partial charge in [0, 0.05) is 19.4 Å². The van der Waals surface area contributed by atoms with Crippen LogP contribution in [0, 0.1) is 0 Å². The van der Waals surface area contributed by atoms with E-state index in [0.29, 0.717) is 6.42 Å². The number of unbranched alkanes of at least 4 members (excludes halogenated alkanes) is 26. The maximum atomic E-state index is 12.7. The lowest BCUT2D eigenvalue weighted by Crippen LogP contribution is -2.29. The standard InChI is InChI=1S/C60H106NO8P/c1-3-5-7-9-11-13-15-17-19-21-23-24-25-26-27-28-29-30-31-32-33-34-35-37-39-41-43-45-47-49-51-53-60(63)69-58(57-68-70(64,65)67-55-54-61)56-66-59(62)52-50-48-46-44-42-40-38-36-22-20-18-16-14-12-10-8-6-4-2/h5,7,11,13,17,19,23-24,26-27,29-30,32-33,58H,3-4,6,8-10,12,14-16,18,20-22,25,28,31,34-57,61H2,1-2H3,(H,64,65)/b7-5-,13-11-,19-17-,24-23-,27-26-,30-29-,33-32-. The number of hydrogen-bond donors (Lipinski definition) is 2. The highest BCUT2D eigenvalue weighted by molar-refractivity contribution is 7.47. The average Bonchev–Trinajstić information content (AvgIpc) is 3.35. The number of hydrogen-bond acceptors (Lipinski definition) is 8. The van der Waals surface area contributed by atoms with Gasteiger partial charge in [0.1, 0.15) is 6.61 Å². The topological polar surface area (TPSA) is 134 Å². The Morgan fingerprint density at radius 2 is 0.786 bits per heavy atom. The third-order valence-corrected chi connectivity index (χ3v) is 13.0. The number of phosphoric acid groups is 1. The Morgan fingerprint density at radius 1 is 0.443 bits per heavy atom. The summed E-state index contributed by atoms with van der Waals surface area (Å²) in [6, 6.07) is 0. The SMILES string of the molecule is CC/C=C\C/C=C\C/C=C\C/C=C\C/C=C\C/C=C\C/C=C\CCCCCCCCCCCC(=O)OC(COC(=O)CCCCCCCCCCCCCCCCCCCC)COP(=O)(O)OCCN. The van der Waals surface area contributed by atoms with Gasteiger partial charge in [-0.25, -0.2) is 4.57 Å². The van der Waals surface area contributed by atoms with Crippen LogP contribution in [0.25, 0.3) is 0 Å². The van der Waals surface area contributed by atoms with Gasteiger partial charge < -0.3 is 20.1 Å². The number of rotatable bonds is 53. The quantitative estimate of drug-likeness (QED) is 0.0264. The lowest BCUT2D eigenvalue weighted by atomic mass is 10.0. The summed E-state index contributed by atoms with van der Waals surface area (Å²) in [5.74, 6) is -0.830. The first-order valence-electron chi connectivity index (χ1n) is 28.6. The van der Waals surface area contributed by atoms with Crippen molar-refractivity contribution in [1.82, 2.24) is 0 Å². The molecular weight excluding hydrogens is 894 g/mol. The Kier molecular flexibility index (Phi) is 53.3. The second kappa shape index (κ2) is 55.5. The molecule has 2 unspecified atom stereocenters. The van der Waals surface area contributed by atoms with Crippen molar-refractivity contribution in [3.63, 3.8) is 0 Å². The molecule has 10 heteroatoms. The van der Waals surface area contributed by atoms with Gasteiger partial charge in [-0.05, 0) is 70.6 Å². The summed E-state index contributed by atoms with van der Waals surface area (Å²) in [7, 11) is -4.39. The van der Waals surface area contributed by atoms with E-state index in [1.807, 2.05) is 0 Å². The van der Waals surface area contributed by atoms with Gasteiger partial charge in [-0.3, -0.25) is 18.6 Å². The van der Waals surface area contributed by atoms with E-state index in [1.165, 1.54) is 128 Å². The largest absolute Gasteiger partial charge is 0.472 e. The summed E-state index contributed by atoms with van der Waals surface area (Å²) in [4.78, 5) is 35.2. The van der Waals surface area contributed by atoms with Crippen molar-refractivity contribution in [3.05, 3.63) is 85.1 Å². The first kappa shape index (κ1) is 67.2. The van der Waals surface area contributed by atoms with Crippen LogP contribution >= 0.6 is 7.82 Å². The Labute approximate surface area is 430 Å². The minimum atomic E-state index is -4.39. The predicted octanol–water partition coefficient (Wildman–Crippen LogP) is 17.9. The van der Waals surface area contributed by atoms with Crippen molar-refractivity contribution < 1.29 is 37.6 Å². The summed E-state index contributed by atoms with van der Waals surface area (Å²) in [6.07, 6.45) is 72.0. The molecule has 0 saturated carbocycles. The molecule has 0 heterocycles. The fourth-order valence-corrected chi connectivity index (χ4v) is 8.62. The smallest absolute Gasteiger partial charge is 0.462 e. The van der Waals surface area contributed by atoms with E-state index in [-0.39, 0.29) is 38.6 Å². The Morgan fingerprint density at radius 3 is 1.17 bits per heavy atom. The summed E-state index contributed by atoms with van der Waals surface area (Å²) in [5, 5.41) is 0. The molecule has 0 aliphatic carbocycles. The van der Waals surface area contributed by atoms with Crippen LogP contribution in [0.1, 0.15) is 251 Å². The molecule has 0 spiro atoms. The van der Waals surface area contributed by atoms with Crippen LogP contribution in [0.2, 0.25) is 0 Å². The Bertz CT molecular complexity index is 1420. The first-order chi connectivity index (χ1) is 34.3. The van der Waals surface area contributed by atoms with Gasteiger partial charge >= 0.3 is 19.8 Å². The van der Waals surface area contributed by atoms with Crippen LogP contribution < -0.4 is 5.73 Å². The van der Waals surface area contributed by atoms with Gasteiger partial charge in [-0.1, -0.05) is 253 Å². The van der Waals surface area contributed by atoms with E-state index in [4.69, 9.17) is 24.3 Å². The van der Waals surface area contributed by atoms with Crippen LogP contribution in [-0.4, -0.2) is 49.3 Å². The van der Waals surface area contributed by atoms with Crippen molar-refractivity contribution in [2.45, 2.75) is 258 Å². The van der Waals surface area contributed by atoms with Crippen molar-refractivity contribution >= 4 is 19.8 Å². The number of carbonyl (C=O) groups is 2. The Balaban J connectivity index is 4.01. The van der Waals surface area contributed by atoms with Crippen LogP contribution in [0.15, 0.2) is 85.1 Å². The summed E-state index contributed by atoms with van der Waals surface area (Å²) < 4.78 is 33.0. The van der Waals surface area contributed by atoms with Crippen LogP contribution in [0.4, 0.5) is 0 Å². The molecular formula is C60H106NO8P. The van der Waals surface area contributed by atoms with E-state index in [0.717, 1.165) is 89.9 Å². The van der Waals surface area contributed by atoms with Gasteiger partial charge in [0.05, 0.1) is 13.2 Å². The zero-order valence-electron chi connectivity index (χ0n) is 45.0. The van der Waals surface area contributed by atoms with Gasteiger partial charge in [-0.15, -0.1) is 0 Å². The van der Waals surface area contributed by atoms with Gasteiger partial charge in [-0.2, -0.15) is 0 Å². The summed E-state index contributed by atoms with van der Waals surface area (Å²) in [6.45, 7) is 3.64. The molecule has 0 saturated heterocycles. The molecule has 0 rings (SSSR count). The van der Waals surface area contributed by atoms with Crippen LogP contribution in [0.3, 0.4) is 0 Å². The van der Waals surface area contributed by atoms with Crippen LogP contribution in [-0.2, 0) is 32.7 Å².